The van der Waals surface area contributed by atoms with Crippen molar-refractivity contribution < 1.29 is 4.74 Å². The van der Waals surface area contributed by atoms with Gasteiger partial charge in [0.2, 0.25) is 5.88 Å². The maximum Gasteiger partial charge on any atom is 0.238 e. The zero-order valence-electron chi connectivity index (χ0n) is 10.7. The van der Waals surface area contributed by atoms with E-state index in [4.69, 9.17) is 4.74 Å². The largest absolute Gasteiger partial charge is 0.436 e. The monoisotopic (exact) mass is 330 g/mol. The smallest absolute Gasteiger partial charge is 0.238 e. The summed E-state index contributed by atoms with van der Waals surface area (Å²) in [5.74, 6) is 1.75. The van der Waals surface area contributed by atoms with Crippen molar-refractivity contribution in [2.45, 2.75) is 0 Å². The Morgan fingerprint density at radius 2 is 2.00 bits per heavy atom. The minimum Gasteiger partial charge on any atom is -0.436 e. The van der Waals surface area contributed by atoms with Crippen LogP contribution in [0.15, 0.2) is 47.3 Å². The van der Waals surface area contributed by atoms with Crippen molar-refractivity contribution in [2.75, 3.05) is 12.4 Å². The molecule has 1 aromatic carbocycles. The zero-order chi connectivity index (χ0) is 13.9. The lowest BCUT2D eigenvalue weighted by Crippen LogP contribution is -1.97. The number of halogens is 1. The maximum atomic E-state index is 5.76. The molecule has 0 spiro atoms. The summed E-state index contributed by atoms with van der Waals surface area (Å²) in [5.41, 5.74) is 0.928. The number of hydrogen-bond acceptors (Lipinski definition) is 5. The first-order chi connectivity index (χ1) is 9.78. The molecule has 0 bridgehead atoms. The highest BCUT2D eigenvalue weighted by atomic mass is 79.9. The van der Waals surface area contributed by atoms with E-state index in [1.54, 1.807) is 13.2 Å². The van der Waals surface area contributed by atoms with E-state index in [0.29, 0.717) is 21.9 Å². The SMILES string of the molecule is CNc1ncnc(Oc2cnc3ccccc3c2)c1Br. The second-order valence-electron chi connectivity index (χ2n) is 4.06. The lowest BCUT2D eigenvalue weighted by atomic mass is 10.2. The molecule has 0 aliphatic carbocycles. The number of rotatable bonds is 3. The normalized spacial score (nSPS) is 10.5. The van der Waals surface area contributed by atoms with E-state index in [1.807, 2.05) is 30.3 Å². The summed E-state index contributed by atoms with van der Waals surface area (Å²) in [6.07, 6.45) is 3.12. The molecule has 6 heteroatoms. The van der Waals surface area contributed by atoms with Crippen molar-refractivity contribution in [1.29, 1.82) is 0 Å². The Kier molecular flexibility index (Phi) is 3.47. The number of nitrogens with zero attached hydrogens (tertiary/aromatic N) is 3. The van der Waals surface area contributed by atoms with Crippen molar-refractivity contribution in [2.24, 2.45) is 0 Å². The third-order valence-corrected chi connectivity index (χ3v) is 3.49. The molecule has 2 heterocycles. The molecule has 5 nitrogen and oxygen atoms in total. The first-order valence-corrected chi connectivity index (χ1v) is 6.78. The fraction of sp³-hybridized carbons (Fsp3) is 0.0714. The minimum absolute atomic E-state index is 0.446. The Hall–Kier alpha value is -2.21. The summed E-state index contributed by atoms with van der Waals surface area (Å²) < 4.78 is 6.44. The first kappa shape index (κ1) is 12.8. The van der Waals surface area contributed by atoms with E-state index in [0.717, 1.165) is 10.9 Å². The molecule has 2 aromatic heterocycles. The highest BCUT2D eigenvalue weighted by Crippen LogP contribution is 2.32. The molecular weight excluding hydrogens is 320 g/mol. The van der Waals surface area contributed by atoms with Crippen molar-refractivity contribution in [3.63, 3.8) is 0 Å². The number of aromatic nitrogens is 3. The van der Waals surface area contributed by atoms with Gasteiger partial charge in [0, 0.05) is 12.4 Å². The van der Waals surface area contributed by atoms with Crippen LogP contribution in [0.5, 0.6) is 11.6 Å². The molecule has 20 heavy (non-hydrogen) atoms. The van der Waals surface area contributed by atoms with Gasteiger partial charge in [-0.25, -0.2) is 9.97 Å². The van der Waals surface area contributed by atoms with Crippen LogP contribution in [-0.2, 0) is 0 Å². The number of benzene rings is 1. The van der Waals surface area contributed by atoms with E-state index >= 15 is 0 Å². The average Bonchev–Trinajstić information content (AvgIpc) is 2.49. The predicted molar refractivity (Wildman–Crippen MR) is 81.1 cm³/mol. The molecule has 0 radical (unpaired) electrons. The van der Waals surface area contributed by atoms with Crippen LogP contribution < -0.4 is 10.1 Å². The van der Waals surface area contributed by atoms with E-state index < -0.39 is 0 Å². The van der Waals surface area contributed by atoms with Crippen LogP contribution in [0.1, 0.15) is 0 Å². The Morgan fingerprint density at radius 3 is 2.85 bits per heavy atom. The molecule has 100 valence electrons. The molecule has 0 amide bonds. The highest BCUT2D eigenvalue weighted by molar-refractivity contribution is 9.10. The van der Waals surface area contributed by atoms with Crippen molar-refractivity contribution in [3.8, 4) is 11.6 Å². The lowest BCUT2D eigenvalue weighted by molar-refractivity contribution is 0.457. The summed E-state index contributed by atoms with van der Waals surface area (Å²) in [7, 11) is 1.79. The van der Waals surface area contributed by atoms with Crippen LogP contribution in [0, 0.1) is 0 Å². The maximum absolute atomic E-state index is 5.76. The van der Waals surface area contributed by atoms with Gasteiger partial charge >= 0.3 is 0 Å². The highest BCUT2D eigenvalue weighted by Gasteiger charge is 2.10. The molecule has 1 N–H and O–H groups in total. The molecule has 0 unspecified atom stereocenters. The molecule has 0 aliphatic rings. The molecule has 3 rings (SSSR count). The second kappa shape index (κ2) is 5.42. The van der Waals surface area contributed by atoms with Gasteiger partial charge in [0.1, 0.15) is 22.4 Å². The molecule has 0 fully saturated rings. The van der Waals surface area contributed by atoms with Gasteiger partial charge in [-0.05, 0) is 28.1 Å². The van der Waals surface area contributed by atoms with Gasteiger partial charge in [0.15, 0.2) is 0 Å². The Bertz CT molecular complexity index is 763. The van der Waals surface area contributed by atoms with Crippen LogP contribution in [0.4, 0.5) is 5.82 Å². The summed E-state index contributed by atoms with van der Waals surface area (Å²) in [4.78, 5) is 12.5. The molecule has 0 aliphatic heterocycles. The average molecular weight is 331 g/mol. The van der Waals surface area contributed by atoms with Crippen LogP contribution in [0.25, 0.3) is 10.9 Å². The van der Waals surface area contributed by atoms with Crippen LogP contribution in [0.2, 0.25) is 0 Å². The van der Waals surface area contributed by atoms with E-state index in [-0.39, 0.29) is 0 Å². The molecule has 0 saturated carbocycles. The predicted octanol–water partition coefficient (Wildman–Crippen LogP) is 3.62. The Morgan fingerprint density at radius 1 is 1.15 bits per heavy atom. The van der Waals surface area contributed by atoms with E-state index in [2.05, 4.69) is 36.2 Å². The number of pyridine rings is 1. The number of anilines is 1. The molecular formula is C14H11BrN4O. The van der Waals surface area contributed by atoms with Gasteiger partial charge in [0.05, 0.1) is 11.7 Å². The Labute approximate surface area is 124 Å². The number of ether oxygens (including phenoxy) is 1. The van der Waals surface area contributed by atoms with Gasteiger partial charge in [-0.15, -0.1) is 0 Å². The van der Waals surface area contributed by atoms with Crippen molar-refractivity contribution in [3.05, 3.63) is 47.3 Å². The summed E-state index contributed by atoms with van der Waals surface area (Å²) >= 11 is 3.42. The molecule has 0 atom stereocenters. The van der Waals surface area contributed by atoms with E-state index in [9.17, 15) is 0 Å². The third-order valence-electron chi connectivity index (χ3n) is 2.77. The number of nitrogens with one attached hydrogen (secondary N) is 1. The minimum atomic E-state index is 0.446. The summed E-state index contributed by atoms with van der Waals surface area (Å²) in [5, 5.41) is 3.98. The molecule has 0 saturated heterocycles. The van der Waals surface area contributed by atoms with E-state index in [1.165, 1.54) is 6.33 Å². The first-order valence-electron chi connectivity index (χ1n) is 5.99. The fourth-order valence-corrected chi connectivity index (χ4v) is 2.30. The standard InChI is InChI=1S/C14H11BrN4O/c1-16-13-12(15)14(19-8-18-13)20-10-6-9-4-2-3-5-11(9)17-7-10/h2-8H,1H3,(H,16,18,19). The summed E-state index contributed by atoms with van der Waals surface area (Å²) in [6, 6.07) is 9.79. The zero-order valence-corrected chi connectivity index (χ0v) is 12.3. The fourth-order valence-electron chi connectivity index (χ4n) is 1.82. The van der Waals surface area contributed by atoms with Crippen LogP contribution >= 0.6 is 15.9 Å². The van der Waals surface area contributed by atoms with Gasteiger partial charge in [0.25, 0.3) is 0 Å². The quantitative estimate of drug-likeness (QED) is 0.794. The van der Waals surface area contributed by atoms with Gasteiger partial charge < -0.3 is 10.1 Å². The lowest BCUT2D eigenvalue weighted by Gasteiger charge is -2.09. The van der Waals surface area contributed by atoms with Crippen molar-refractivity contribution in [1.82, 2.24) is 15.0 Å². The van der Waals surface area contributed by atoms with Gasteiger partial charge in [-0.2, -0.15) is 0 Å². The number of hydrogen-bond donors (Lipinski definition) is 1. The van der Waals surface area contributed by atoms with Crippen molar-refractivity contribution >= 4 is 32.7 Å². The second-order valence-corrected chi connectivity index (χ2v) is 4.85. The number of fused-ring (bicyclic) bond motifs is 1. The number of para-hydroxylation sites is 1. The van der Waals surface area contributed by atoms with Crippen LogP contribution in [0.3, 0.4) is 0 Å². The Balaban J connectivity index is 1.97. The van der Waals surface area contributed by atoms with Gasteiger partial charge in [-0.3, -0.25) is 4.98 Å². The molecule has 3 aromatic rings. The third kappa shape index (κ3) is 2.42. The van der Waals surface area contributed by atoms with Crippen LogP contribution in [-0.4, -0.2) is 22.0 Å². The topological polar surface area (TPSA) is 59.9 Å². The summed E-state index contributed by atoms with van der Waals surface area (Å²) in [6.45, 7) is 0. The van der Waals surface area contributed by atoms with Gasteiger partial charge in [-0.1, -0.05) is 18.2 Å².